The van der Waals surface area contributed by atoms with Crippen LogP contribution in [-0.4, -0.2) is 116 Å². The number of aryl methyl sites for hydroxylation is 1. The van der Waals surface area contributed by atoms with Crippen LogP contribution < -0.4 is 14.4 Å². The first-order chi connectivity index (χ1) is 26.7. The van der Waals surface area contributed by atoms with E-state index >= 15 is 0 Å². The third kappa shape index (κ3) is 8.61. The van der Waals surface area contributed by atoms with E-state index in [2.05, 4.69) is 32.7 Å². The number of halogens is 1. The molecule has 1 spiro atoms. The van der Waals surface area contributed by atoms with Gasteiger partial charge in [0.2, 0.25) is 10.0 Å². The lowest BCUT2D eigenvalue weighted by molar-refractivity contribution is -0.0316. The highest BCUT2D eigenvalue weighted by atomic mass is 35.5. The van der Waals surface area contributed by atoms with E-state index in [0.29, 0.717) is 44.5 Å². The number of sulfonamides is 1. The summed E-state index contributed by atoms with van der Waals surface area (Å²) in [4.78, 5) is 18.8. The summed E-state index contributed by atoms with van der Waals surface area (Å²) in [5.74, 6) is 0.645. The van der Waals surface area contributed by atoms with Gasteiger partial charge in [0.25, 0.3) is 5.91 Å². The van der Waals surface area contributed by atoms with Crippen molar-refractivity contribution in [3.63, 3.8) is 0 Å². The van der Waals surface area contributed by atoms with E-state index in [-0.39, 0.29) is 35.5 Å². The van der Waals surface area contributed by atoms with Crippen LogP contribution in [0.1, 0.15) is 72.9 Å². The van der Waals surface area contributed by atoms with Gasteiger partial charge in [-0.3, -0.25) is 9.69 Å². The van der Waals surface area contributed by atoms with Crippen LogP contribution in [-0.2, 0) is 40.8 Å². The normalized spacial score (nSPS) is 33.1. The summed E-state index contributed by atoms with van der Waals surface area (Å²) in [7, 11) is -2.64. The Labute approximate surface area is 331 Å². The van der Waals surface area contributed by atoms with Crippen molar-refractivity contribution in [2.75, 3.05) is 77.8 Å². The molecule has 4 aliphatic heterocycles. The van der Waals surface area contributed by atoms with Gasteiger partial charge in [0.1, 0.15) is 11.0 Å². The van der Waals surface area contributed by atoms with Gasteiger partial charge in [-0.1, -0.05) is 29.8 Å². The van der Waals surface area contributed by atoms with Crippen LogP contribution in [0.4, 0.5) is 5.69 Å². The molecule has 7 atom stereocenters. The number of ether oxygens (including phenoxy) is 5. The lowest BCUT2D eigenvalue weighted by Crippen LogP contribution is -2.50. The lowest BCUT2D eigenvalue weighted by atomic mass is 9.68. The van der Waals surface area contributed by atoms with Crippen molar-refractivity contribution in [1.82, 2.24) is 9.62 Å². The summed E-state index contributed by atoms with van der Waals surface area (Å²) in [6.07, 6.45) is 10.4. The second kappa shape index (κ2) is 17.0. The third-order valence-electron chi connectivity index (χ3n) is 13.0. The van der Waals surface area contributed by atoms with Gasteiger partial charge >= 0.3 is 0 Å². The smallest absolute Gasteiger partial charge is 0.264 e. The molecule has 6 aliphatic rings. The highest BCUT2D eigenvalue weighted by Gasteiger charge is 2.45. The Balaban J connectivity index is 1.15. The SMILES string of the molecule is CO[C@@H]1C/C=C/[C@H](OCCN2CCOCC2)[C@@H]2CC[C@H]2CN2C[C@@]3(CCCc4cc(Cl)ccc43)COc3ccc(cc32)C(=O)NS(=O)(=O)[C@@H]1C[C@@H]1CCCO1. The molecule has 2 bridgehead atoms. The number of methoxy groups -OCH3 is 1. The average Bonchev–Trinajstić information content (AvgIpc) is 3.64. The molecular formula is C42H56ClN3O8S. The molecule has 4 heterocycles. The van der Waals surface area contributed by atoms with Crippen molar-refractivity contribution in [3.05, 3.63) is 70.3 Å². The molecular weight excluding hydrogens is 742 g/mol. The van der Waals surface area contributed by atoms with E-state index in [4.69, 9.17) is 35.3 Å². The van der Waals surface area contributed by atoms with Crippen LogP contribution in [0.15, 0.2) is 48.6 Å². The van der Waals surface area contributed by atoms with Crippen molar-refractivity contribution in [3.8, 4) is 5.75 Å². The number of hydrogen-bond donors (Lipinski definition) is 1. The molecule has 0 radical (unpaired) electrons. The Kier molecular flexibility index (Phi) is 12.1. The first-order valence-electron chi connectivity index (χ1n) is 20.3. The molecule has 300 valence electrons. The quantitative estimate of drug-likeness (QED) is 0.359. The molecule has 0 aromatic heterocycles. The largest absolute Gasteiger partial charge is 0.490 e. The van der Waals surface area contributed by atoms with Gasteiger partial charge < -0.3 is 28.6 Å². The van der Waals surface area contributed by atoms with Gasteiger partial charge in [0.05, 0.1) is 50.4 Å². The topological polar surface area (TPSA) is 116 Å². The summed E-state index contributed by atoms with van der Waals surface area (Å²) < 4.78 is 61.8. The van der Waals surface area contributed by atoms with E-state index in [1.54, 1.807) is 13.2 Å². The monoisotopic (exact) mass is 797 g/mol. The van der Waals surface area contributed by atoms with Gasteiger partial charge in [0.15, 0.2) is 0 Å². The number of rotatable bonds is 7. The van der Waals surface area contributed by atoms with Crippen molar-refractivity contribution in [2.45, 2.75) is 86.8 Å². The minimum Gasteiger partial charge on any atom is -0.490 e. The Morgan fingerprint density at radius 3 is 2.71 bits per heavy atom. The molecule has 11 nitrogen and oxygen atoms in total. The second-order valence-corrected chi connectivity index (χ2v) is 18.7. The summed E-state index contributed by atoms with van der Waals surface area (Å²) >= 11 is 6.50. The first kappa shape index (κ1) is 39.1. The number of carbonyl (C=O) groups is 1. The van der Waals surface area contributed by atoms with Crippen LogP contribution >= 0.6 is 11.6 Å². The fraction of sp³-hybridized carbons (Fsp3) is 0.643. The fourth-order valence-corrected chi connectivity index (χ4v) is 11.6. The van der Waals surface area contributed by atoms with Gasteiger partial charge in [-0.15, -0.1) is 0 Å². The average molecular weight is 798 g/mol. The zero-order chi connectivity index (χ0) is 38.0. The Morgan fingerprint density at radius 2 is 1.93 bits per heavy atom. The Bertz CT molecular complexity index is 1820. The van der Waals surface area contributed by atoms with Gasteiger partial charge in [-0.25, -0.2) is 13.1 Å². The number of anilines is 1. The highest BCUT2D eigenvalue weighted by molar-refractivity contribution is 7.90. The van der Waals surface area contributed by atoms with E-state index in [1.165, 1.54) is 11.1 Å². The molecule has 2 aromatic rings. The number of nitrogens with zero attached hydrogens (tertiary/aromatic N) is 2. The van der Waals surface area contributed by atoms with Crippen molar-refractivity contribution >= 4 is 33.2 Å². The molecule has 3 fully saturated rings. The van der Waals surface area contributed by atoms with E-state index < -0.39 is 27.3 Å². The lowest BCUT2D eigenvalue weighted by Gasteiger charge is -2.46. The van der Waals surface area contributed by atoms with Crippen LogP contribution in [0, 0.1) is 11.8 Å². The third-order valence-corrected chi connectivity index (χ3v) is 15.0. The van der Waals surface area contributed by atoms with Gasteiger partial charge in [0, 0.05) is 62.4 Å². The minimum absolute atomic E-state index is 0.140. The van der Waals surface area contributed by atoms with E-state index in [9.17, 15) is 13.2 Å². The fourth-order valence-electron chi connectivity index (χ4n) is 9.83. The Morgan fingerprint density at radius 1 is 1.05 bits per heavy atom. The Hall–Kier alpha value is -2.71. The van der Waals surface area contributed by atoms with E-state index in [0.717, 1.165) is 95.0 Å². The molecule has 1 amide bonds. The molecule has 55 heavy (non-hydrogen) atoms. The molecule has 0 unspecified atom stereocenters. The zero-order valence-electron chi connectivity index (χ0n) is 32.0. The maximum Gasteiger partial charge on any atom is 0.264 e. The molecule has 13 heteroatoms. The standard InChI is InChI=1S/C42H56ClN3O8S/c1-50-39-8-2-7-37(53-22-18-45-16-20-51-21-17-45)34-12-9-31(34)26-46-27-42(15-3-5-29-23-32(43)11-13-35(29)42)28-54-38-14-10-30(24-36(38)46)41(47)44-55(48,49)40(39)25-33-6-4-19-52-33/h2,7,10-11,13-14,23-24,31,33-34,37,39-40H,3-6,8-9,12,15-22,25-28H2,1H3,(H,44,47)/b7-2+/t31-,33-,34+,37-,39+,40+,42-/m0/s1. The summed E-state index contributed by atoms with van der Waals surface area (Å²) in [6, 6.07) is 11.6. The van der Waals surface area contributed by atoms with Crippen molar-refractivity contribution in [1.29, 1.82) is 0 Å². The molecule has 1 saturated carbocycles. The number of morpholine rings is 1. The number of amides is 1. The maximum atomic E-state index is 14.2. The summed E-state index contributed by atoms with van der Waals surface area (Å²) in [5.41, 5.74) is 3.34. The number of carbonyl (C=O) groups excluding carboxylic acids is 1. The number of hydrogen-bond acceptors (Lipinski definition) is 10. The number of nitrogens with one attached hydrogen (secondary N) is 1. The van der Waals surface area contributed by atoms with Gasteiger partial charge in [-0.05, 0) is 111 Å². The minimum atomic E-state index is -4.19. The molecule has 2 aliphatic carbocycles. The predicted octanol–water partition coefficient (Wildman–Crippen LogP) is 5.53. The summed E-state index contributed by atoms with van der Waals surface area (Å²) in [5, 5.41) is -0.260. The maximum absolute atomic E-state index is 14.2. The predicted molar refractivity (Wildman–Crippen MR) is 212 cm³/mol. The first-order valence-corrected chi connectivity index (χ1v) is 22.2. The van der Waals surface area contributed by atoms with Crippen LogP contribution in [0.2, 0.25) is 5.02 Å². The number of fused-ring (bicyclic) bond motifs is 4. The van der Waals surface area contributed by atoms with Crippen LogP contribution in [0.3, 0.4) is 0 Å². The molecule has 2 aromatic carbocycles. The van der Waals surface area contributed by atoms with E-state index in [1.807, 2.05) is 24.3 Å². The molecule has 8 rings (SSSR count). The van der Waals surface area contributed by atoms with Crippen LogP contribution in [0.5, 0.6) is 5.75 Å². The zero-order valence-corrected chi connectivity index (χ0v) is 33.5. The van der Waals surface area contributed by atoms with Gasteiger partial charge in [-0.2, -0.15) is 0 Å². The summed E-state index contributed by atoms with van der Waals surface area (Å²) in [6.45, 7) is 7.28. The second-order valence-electron chi connectivity index (χ2n) is 16.4. The van der Waals surface area contributed by atoms with Crippen LogP contribution in [0.25, 0.3) is 0 Å². The molecule has 2 saturated heterocycles. The highest BCUT2D eigenvalue weighted by Crippen LogP contribution is 2.47. The van der Waals surface area contributed by atoms with Crippen molar-refractivity contribution < 1.29 is 36.9 Å². The van der Waals surface area contributed by atoms with Crippen molar-refractivity contribution in [2.24, 2.45) is 11.8 Å². The number of benzene rings is 2. The molecule has 1 N–H and O–H groups in total.